The first kappa shape index (κ1) is 21.5. The molecule has 0 aromatic heterocycles. The highest BCUT2D eigenvalue weighted by atomic mass is 35.5. The number of piperidine rings is 1. The first-order chi connectivity index (χ1) is 12.2. The van der Waals surface area contributed by atoms with Gasteiger partial charge >= 0.3 is 0 Å². The van der Waals surface area contributed by atoms with Gasteiger partial charge in [0.25, 0.3) is 0 Å². The largest absolute Gasteiger partial charge is 0.303 e. The van der Waals surface area contributed by atoms with Crippen LogP contribution in [0.15, 0.2) is 18.2 Å². The lowest BCUT2D eigenvalue weighted by molar-refractivity contribution is 0.109. The van der Waals surface area contributed by atoms with Gasteiger partial charge in [-0.3, -0.25) is 4.72 Å². The zero-order chi connectivity index (χ0) is 19.4. The predicted molar refractivity (Wildman–Crippen MR) is 112 cm³/mol. The number of likely N-dealkylation sites (tertiary alicyclic amines) is 1. The number of rotatable bonds is 8. The summed E-state index contributed by atoms with van der Waals surface area (Å²) >= 11 is 6.52. The molecule has 0 aliphatic carbocycles. The van der Waals surface area contributed by atoms with E-state index in [2.05, 4.69) is 30.4 Å². The Morgan fingerprint density at radius 2 is 2.04 bits per heavy atom. The van der Waals surface area contributed by atoms with E-state index >= 15 is 0 Å². The molecule has 1 saturated heterocycles. The van der Waals surface area contributed by atoms with Gasteiger partial charge in [0.15, 0.2) is 0 Å². The summed E-state index contributed by atoms with van der Waals surface area (Å²) < 4.78 is 25.7. The van der Waals surface area contributed by atoms with E-state index in [9.17, 15) is 8.42 Å². The molecular formula is C20H33ClN2O2S. The Morgan fingerprint density at radius 1 is 1.31 bits per heavy atom. The van der Waals surface area contributed by atoms with E-state index in [0.29, 0.717) is 11.6 Å². The molecule has 0 saturated carbocycles. The molecule has 1 aliphatic rings. The van der Waals surface area contributed by atoms with E-state index in [4.69, 9.17) is 11.6 Å². The number of unbranched alkanes of at least 4 members (excludes halogenated alkanes) is 3. The summed E-state index contributed by atoms with van der Waals surface area (Å²) in [6, 6.07) is 5.44. The lowest BCUT2D eigenvalue weighted by atomic mass is 9.68. The number of halogens is 1. The number of benzene rings is 1. The zero-order valence-corrected chi connectivity index (χ0v) is 18.1. The van der Waals surface area contributed by atoms with Crippen molar-refractivity contribution in [3.63, 3.8) is 0 Å². The van der Waals surface area contributed by atoms with Crippen molar-refractivity contribution in [3.05, 3.63) is 28.8 Å². The Labute approximate surface area is 164 Å². The van der Waals surface area contributed by atoms with Crippen LogP contribution in [0.25, 0.3) is 0 Å². The summed E-state index contributed by atoms with van der Waals surface area (Å²) in [7, 11) is -3.30. The van der Waals surface area contributed by atoms with Crippen LogP contribution in [0.3, 0.4) is 0 Å². The van der Waals surface area contributed by atoms with E-state index in [-0.39, 0.29) is 5.41 Å². The second-order valence-electron chi connectivity index (χ2n) is 8.00. The quantitative estimate of drug-likeness (QED) is 0.632. The third-order valence-electron chi connectivity index (χ3n) is 5.78. The second kappa shape index (κ2) is 8.94. The molecule has 1 aromatic rings. The van der Waals surface area contributed by atoms with Gasteiger partial charge < -0.3 is 4.90 Å². The average molecular weight is 401 g/mol. The number of nitrogens with zero attached hydrogens (tertiary/aromatic N) is 1. The van der Waals surface area contributed by atoms with Crippen molar-refractivity contribution in [1.82, 2.24) is 4.90 Å². The van der Waals surface area contributed by atoms with Crippen LogP contribution in [-0.2, 0) is 15.4 Å². The first-order valence-corrected chi connectivity index (χ1v) is 11.9. The van der Waals surface area contributed by atoms with E-state index in [1.165, 1.54) is 38.5 Å². The highest BCUT2D eigenvalue weighted by molar-refractivity contribution is 7.92. The van der Waals surface area contributed by atoms with Crippen LogP contribution >= 0.6 is 11.6 Å². The minimum atomic E-state index is -3.30. The summed E-state index contributed by atoms with van der Waals surface area (Å²) in [4.78, 5) is 2.56. The van der Waals surface area contributed by atoms with Crippen LogP contribution in [0, 0.1) is 5.92 Å². The fraction of sp³-hybridized carbons (Fsp3) is 0.700. The van der Waals surface area contributed by atoms with Crippen LogP contribution in [0.1, 0.15) is 58.4 Å². The summed E-state index contributed by atoms with van der Waals surface area (Å²) in [5, 5.41) is 0.717. The van der Waals surface area contributed by atoms with Crippen molar-refractivity contribution in [1.29, 1.82) is 0 Å². The lowest BCUT2D eigenvalue weighted by Crippen LogP contribution is -2.47. The molecule has 0 spiro atoms. The van der Waals surface area contributed by atoms with Gasteiger partial charge in [-0.25, -0.2) is 8.42 Å². The van der Waals surface area contributed by atoms with Gasteiger partial charge in [0, 0.05) is 17.3 Å². The standard InChI is InChI=1S/C20H33ClN2O2S/c1-5-6-7-8-12-23-13-11-20(3,16(2)15-23)18-14-17(9-10-19(18)21)22-26(4,24)25/h9-10,14,16,22H,5-8,11-13,15H2,1-4H3/t16-,20-/m0/s1. The van der Waals surface area contributed by atoms with Crippen molar-refractivity contribution in [2.45, 2.75) is 58.3 Å². The summed E-state index contributed by atoms with van der Waals surface area (Å²) in [6.07, 6.45) is 7.36. The fourth-order valence-electron chi connectivity index (χ4n) is 3.92. The first-order valence-electron chi connectivity index (χ1n) is 9.66. The van der Waals surface area contributed by atoms with Crippen molar-refractivity contribution < 1.29 is 8.42 Å². The molecule has 6 heteroatoms. The number of hydrogen-bond donors (Lipinski definition) is 1. The van der Waals surface area contributed by atoms with Crippen molar-refractivity contribution >= 4 is 27.3 Å². The minimum Gasteiger partial charge on any atom is -0.303 e. The van der Waals surface area contributed by atoms with Crippen LogP contribution in [-0.4, -0.2) is 39.2 Å². The van der Waals surface area contributed by atoms with Crippen molar-refractivity contribution in [2.24, 2.45) is 5.92 Å². The maximum atomic E-state index is 11.6. The Morgan fingerprint density at radius 3 is 2.65 bits per heavy atom. The van der Waals surface area contributed by atoms with Gasteiger partial charge in [0.1, 0.15) is 0 Å². The predicted octanol–water partition coefficient (Wildman–Crippen LogP) is 4.89. The van der Waals surface area contributed by atoms with E-state index in [0.717, 1.165) is 30.1 Å². The zero-order valence-electron chi connectivity index (χ0n) is 16.5. The number of hydrogen-bond acceptors (Lipinski definition) is 3. The van der Waals surface area contributed by atoms with E-state index in [1.807, 2.05) is 6.07 Å². The second-order valence-corrected chi connectivity index (χ2v) is 10.2. The van der Waals surface area contributed by atoms with Crippen LogP contribution in [0.5, 0.6) is 0 Å². The van der Waals surface area contributed by atoms with Crippen molar-refractivity contribution in [2.75, 3.05) is 30.6 Å². The molecule has 0 bridgehead atoms. The third kappa shape index (κ3) is 5.61. The molecule has 1 N–H and O–H groups in total. The number of nitrogens with one attached hydrogen (secondary N) is 1. The lowest BCUT2D eigenvalue weighted by Gasteiger charge is -2.45. The highest BCUT2D eigenvalue weighted by Crippen LogP contribution is 2.43. The fourth-order valence-corrected chi connectivity index (χ4v) is 4.81. The number of anilines is 1. The van der Waals surface area contributed by atoms with Gasteiger partial charge in [-0.2, -0.15) is 0 Å². The smallest absolute Gasteiger partial charge is 0.229 e. The molecule has 0 radical (unpaired) electrons. The summed E-state index contributed by atoms with van der Waals surface area (Å²) in [5.41, 5.74) is 1.58. The Kier molecular flexibility index (Phi) is 7.40. The Balaban J connectivity index is 2.11. The Hall–Kier alpha value is -0.780. The summed E-state index contributed by atoms with van der Waals surface area (Å²) in [5.74, 6) is 0.452. The third-order valence-corrected chi connectivity index (χ3v) is 6.72. The topological polar surface area (TPSA) is 49.4 Å². The molecule has 1 fully saturated rings. The molecule has 2 atom stereocenters. The maximum absolute atomic E-state index is 11.6. The molecule has 1 aliphatic heterocycles. The molecule has 26 heavy (non-hydrogen) atoms. The van der Waals surface area contributed by atoms with Gasteiger partial charge in [0.2, 0.25) is 10.0 Å². The van der Waals surface area contributed by atoms with E-state index in [1.54, 1.807) is 12.1 Å². The summed E-state index contributed by atoms with van der Waals surface area (Å²) in [6.45, 7) is 10.1. The van der Waals surface area contributed by atoms with Crippen molar-refractivity contribution in [3.8, 4) is 0 Å². The van der Waals surface area contributed by atoms with Gasteiger partial charge in [0.05, 0.1) is 6.26 Å². The van der Waals surface area contributed by atoms with Gasteiger partial charge in [-0.05, 0) is 61.0 Å². The normalized spacial score (nSPS) is 24.6. The molecule has 2 rings (SSSR count). The molecule has 148 valence electrons. The Bertz CT molecular complexity index is 708. The van der Waals surface area contributed by atoms with Gasteiger partial charge in [-0.15, -0.1) is 0 Å². The van der Waals surface area contributed by atoms with Gasteiger partial charge in [-0.1, -0.05) is 51.6 Å². The monoisotopic (exact) mass is 400 g/mol. The molecular weight excluding hydrogens is 368 g/mol. The minimum absolute atomic E-state index is 0.0494. The van der Waals surface area contributed by atoms with Crippen LogP contribution < -0.4 is 4.72 Å². The molecule has 0 unspecified atom stereocenters. The SMILES string of the molecule is CCCCCCN1CC[C@](C)(c2cc(NS(C)(=O)=O)ccc2Cl)[C@@H](C)C1. The molecule has 1 aromatic carbocycles. The van der Waals surface area contributed by atoms with Crippen LogP contribution in [0.2, 0.25) is 5.02 Å². The van der Waals surface area contributed by atoms with Crippen LogP contribution in [0.4, 0.5) is 5.69 Å². The number of sulfonamides is 1. The molecule has 1 heterocycles. The molecule has 0 amide bonds. The maximum Gasteiger partial charge on any atom is 0.229 e. The average Bonchev–Trinajstić information content (AvgIpc) is 2.55. The molecule has 4 nitrogen and oxygen atoms in total. The highest BCUT2D eigenvalue weighted by Gasteiger charge is 2.39. The van der Waals surface area contributed by atoms with E-state index < -0.39 is 10.0 Å².